The van der Waals surface area contributed by atoms with Crippen LogP contribution < -0.4 is 10.5 Å². The summed E-state index contributed by atoms with van der Waals surface area (Å²) in [5.74, 6) is 1.15. The number of hydrogen-bond donors (Lipinski definition) is 0. The Balaban J connectivity index is 1.64. The molecule has 23 heavy (non-hydrogen) atoms. The van der Waals surface area contributed by atoms with Crippen molar-refractivity contribution in [2.45, 2.75) is 19.8 Å². The van der Waals surface area contributed by atoms with Gasteiger partial charge in [0.1, 0.15) is 0 Å². The van der Waals surface area contributed by atoms with Crippen LogP contribution in [-0.2, 0) is 7.05 Å². The van der Waals surface area contributed by atoms with Crippen LogP contribution in [0.15, 0.2) is 47.5 Å². The summed E-state index contributed by atoms with van der Waals surface area (Å²) in [4.78, 5) is 18.5. The van der Waals surface area contributed by atoms with Gasteiger partial charge in [-0.25, -0.2) is 4.98 Å². The van der Waals surface area contributed by atoms with E-state index in [-0.39, 0.29) is 5.56 Å². The largest absolute Gasteiger partial charge is 0.352 e. The lowest BCUT2D eigenvalue weighted by Gasteiger charge is -2.31. The van der Waals surface area contributed by atoms with Crippen LogP contribution in [0.1, 0.15) is 24.0 Å². The average molecular weight is 309 g/mol. The number of piperidine rings is 1. The molecule has 0 radical (unpaired) electrons. The standard InChI is InChI=1S/C19H23N3O/c1-15-5-3-4-6-17(15)8-7-16-9-12-22(13-10-16)18-19(23)21(2)14-11-20-18/h3-8,11,14,16H,9-10,12-13H2,1-2H3. The van der Waals surface area contributed by atoms with Gasteiger partial charge in [-0.3, -0.25) is 4.79 Å². The Morgan fingerprint density at radius 1 is 1.22 bits per heavy atom. The van der Waals surface area contributed by atoms with E-state index in [1.807, 2.05) is 0 Å². The van der Waals surface area contributed by atoms with Gasteiger partial charge in [0.05, 0.1) is 0 Å². The highest BCUT2D eigenvalue weighted by molar-refractivity contribution is 5.53. The van der Waals surface area contributed by atoms with Crippen molar-refractivity contribution in [2.24, 2.45) is 13.0 Å². The number of aryl methyl sites for hydroxylation is 2. The van der Waals surface area contributed by atoms with E-state index in [4.69, 9.17) is 0 Å². The van der Waals surface area contributed by atoms with Gasteiger partial charge < -0.3 is 9.47 Å². The summed E-state index contributed by atoms with van der Waals surface area (Å²) in [6, 6.07) is 8.43. The van der Waals surface area contributed by atoms with Crippen molar-refractivity contribution in [1.29, 1.82) is 0 Å². The van der Waals surface area contributed by atoms with Gasteiger partial charge in [0.25, 0.3) is 5.56 Å². The van der Waals surface area contributed by atoms with Gasteiger partial charge in [-0.05, 0) is 36.8 Å². The first-order chi connectivity index (χ1) is 11.1. The highest BCUT2D eigenvalue weighted by Gasteiger charge is 2.20. The summed E-state index contributed by atoms with van der Waals surface area (Å²) < 4.78 is 1.59. The van der Waals surface area contributed by atoms with Crippen LogP contribution in [0.5, 0.6) is 0 Å². The molecule has 0 N–H and O–H groups in total. The summed E-state index contributed by atoms with van der Waals surface area (Å²) in [5.41, 5.74) is 2.58. The predicted molar refractivity (Wildman–Crippen MR) is 94.6 cm³/mol. The van der Waals surface area contributed by atoms with Crippen LogP contribution >= 0.6 is 0 Å². The first kappa shape index (κ1) is 15.5. The zero-order valence-corrected chi connectivity index (χ0v) is 13.8. The molecule has 0 spiro atoms. The molecule has 1 saturated heterocycles. The summed E-state index contributed by atoms with van der Waals surface area (Å²) in [7, 11) is 1.77. The zero-order valence-electron chi connectivity index (χ0n) is 13.8. The van der Waals surface area contributed by atoms with Crippen molar-refractivity contribution < 1.29 is 0 Å². The molecule has 1 fully saturated rings. The van der Waals surface area contributed by atoms with Crippen LogP contribution in [0.2, 0.25) is 0 Å². The summed E-state index contributed by atoms with van der Waals surface area (Å²) in [5, 5.41) is 0. The molecule has 0 aliphatic carbocycles. The molecule has 1 aliphatic rings. The van der Waals surface area contributed by atoms with Crippen molar-refractivity contribution >= 4 is 11.9 Å². The molecular formula is C19H23N3O. The minimum absolute atomic E-state index is 0.0126. The third kappa shape index (κ3) is 3.52. The Morgan fingerprint density at radius 3 is 2.70 bits per heavy atom. The number of nitrogens with zero attached hydrogens (tertiary/aromatic N) is 3. The van der Waals surface area contributed by atoms with E-state index in [1.165, 1.54) is 11.1 Å². The lowest BCUT2D eigenvalue weighted by molar-refractivity contribution is 0.476. The second-order valence-electron chi connectivity index (χ2n) is 6.21. The number of hydrogen-bond acceptors (Lipinski definition) is 3. The lowest BCUT2D eigenvalue weighted by atomic mass is 9.95. The Hall–Kier alpha value is -2.36. The molecular weight excluding hydrogens is 286 g/mol. The zero-order chi connectivity index (χ0) is 16.2. The fraction of sp³-hybridized carbons (Fsp3) is 0.368. The first-order valence-corrected chi connectivity index (χ1v) is 8.15. The summed E-state index contributed by atoms with van der Waals surface area (Å²) in [6.45, 7) is 3.91. The fourth-order valence-electron chi connectivity index (χ4n) is 3.02. The maximum absolute atomic E-state index is 12.1. The maximum atomic E-state index is 12.1. The molecule has 0 saturated carbocycles. The highest BCUT2D eigenvalue weighted by atomic mass is 16.1. The van der Waals surface area contributed by atoms with Crippen molar-refractivity contribution in [3.8, 4) is 0 Å². The van der Waals surface area contributed by atoms with E-state index in [0.29, 0.717) is 11.7 Å². The molecule has 3 rings (SSSR count). The number of aromatic nitrogens is 2. The van der Waals surface area contributed by atoms with Gasteiger partial charge in [-0.15, -0.1) is 0 Å². The Morgan fingerprint density at radius 2 is 1.96 bits per heavy atom. The van der Waals surface area contributed by atoms with Gasteiger partial charge in [0.15, 0.2) is 5.82 Å². The second-order valence-corrected chi connectivity index (χ2v) is 6.21. The summed E-state index contributed by atoms with van der Waals surface area (Å²) in [6.07, 6.45) is 10.1. The quantitative estimate of drug-likeness (QED) is 0.875. The minimum atomic E-state index is -0.0126. The van der Waals surface area contributed by atoms with Crippen molar-refractivity contribution in [2.75, 3.05) is 18.0 Å². The average Bonchev–Trinajstić information content (AvgIpc) is 2.57. The van der Waals surface area contributed by atoms with Crippen molar-refractivity contribution in [3.05, 3.63) is 64.2 Å². The highest BCUT2D eigenvalue weighted by Crippen LogP contribution is 2.22. The summed E-state index contributed by atoms with van der Waals surface area (Å²) >= 11 is 0. The molecule has 120 valence electrons. The molecule has 4 heteroatoms. The molecule has 0 unspecified atom stereocenters. The van der Waals surface area contributed by atoms with Gasteiger partial charge in [-0.2, -0.15) is 0 Å². The number of allylic oxidation sites excluding steroid dienone is 1. The van der Waals surface area contributed by atoms with Gasteiger partial charge in [-0.1, -0.05) is 36.4 Å². The third-order valence-corrected chi connectivity index (χ3v) is 4.57. The van der Waals surface area contributed by atoms with E-state index in [2.05, 4.69) is 53.2 Å². The van der Waals surface area contributed by atoms with E-state index >= 15 is 0 Å². The SMILES string of the molecule is Cc1ccccc1C=CC1CCN(c2nccn(C)c2=O)CC1. The van der Waals surface area contributed by atoms with E-state index in [9.17, 15) is 4.79 Å². The first-order valence-electron chi connectivity index (χ1n) is 8.15. The molecule has 0 bridgehead atoms. The number of benzene rings is 1. The van der Waals surface area contributed by atoms with Crippen LogP contribution in [-0.4, -0.2) is 22.6 Å². The lowest BCUT2D eigenvalue weighted by Crippen LogP contribution is -2.38. The normalized spacial score (nSPS) is 16.2. The number of rotatable bonds is 3. The monoisotopic (exact) mass is 309 g/mol. The molecule has 1 aromatic carbocycles. The molecule has 1 aromatic heterocycles. The molecule has 0 amide bonds. The third-order valence-electron chi connectivity index (χ3n) is 4.57. The van der Waals surface area contributed by atoms with Crippen LogP contribution in [0.25, 0.3) is 6.08 Å². The Bertz CT molecular complexity index is 755. The predicted octanol–water partition coefficient (Wildman–Crippen LogP) is 3.02. The topological polar surface area (TPSA) is 38.1 Å². The van der Waals surface area contributed by atoms with E-state index in [1.54, 1.807) is 24.0 Å². The van der Waals surface area contributed by atoms with Gasteiger partial charge in [0.2, 0.25) is 0 Å². The molecule has 2 aromatic rings. The van der Waals surface area contributed by atoms with Gasteiger partial charge in [0, 0.05) is 32.5 Å². The van der Waals surface area contributed by atoms with Gasteiger partial charge >= 0.3 is 0 Å². The van der Waals surface area contributed by atoms with Crippen molar-refractivity contribution in [1.82, 2.24) is 9.55 Å². The Kier molecular flexibility index (Phi) is 4.60. The molecule has 2 heterocycles. The van der Waals surface area contributed by atoms with E-state index in [0.717, 1.165) is 25.9 Å². The second kappa shape index (κ2) is 6.82. The smallest absolute Gasteiger partial charge is 0.293 e. The molecule has 1 aliphatic heterocycles. The Labute approximate surface area is 137 Å². The van der Waals surface area contributed by atoms with E-state index < -0.39 is 0 Å². The molecule has 0 atom stereocenters. The maximum Gasteiger partial charge on any atom is 0.293 e. The van der Waals surface area contributed by atoms with Crippen molar-refractivity contribution in [3.63, 3.8) is 0 Å². The fourth-order valence-corrected chi connectivity index (χ4v) is 3.02. The number of anilines is 1. The molecule has 4 nitrogen and oxygen atoms in total. The minimum Gasteiger partial charge on any atom is -0.352 e. The van der Waals surface area contributed by atoms with Crippen LogP contribution in [0.4, 0.5) is 5.82 Å². The van der Waals surface area contributed by atoms with Crippen LogP contribution in [0.3, 0.4) is 0 Å². The van der Waals surface area contributed by atoms with Crippen LogP contribution in [0, 0.1) is 12.8 Å².